The third-order valence-corrected chi connectivity index (χ3v) is 5.07. The number of nitrogens with one attached hydrogen (secondary N) is 1. The second-order valence-corrected chi connectivity index (χ2v) is 6.60. The van der Waals surface area contributed by atoms with Gasteiger partial charge in [0.1, 0.15) is 0 Å². The number of piperazine rings is 1. The molecule has 100 valence electrons. The lowest BCUT2D eigenvalue weighted by Gasteiger charge is -2.41. The van der Waals surface area contributed by atoms with E-state index in [0.717, 1.165) is 5.92 Å². The molecule has 1 aliphatic heterocycles. The molecule has 2 rings (SSSR count). The topological polar surface area (TPSA) is 15.3 Å². The summed E-state index contributed by atoms with van der Waals surface area (Å²) in [5.41, 5.74) is 0.666. The normalized spacial score (nSPS) is 30.0. The van der Waals surface area contributed by atoms with E-state index >= 15 is 0 Å². The molecule has 2 aliphatic rings. The summed E-state index contributed by atoms with van der Waals surface area (Å²) in [7, 11) is 0. The van der Waals surface area contributed by atoms with Gasteiger partial charge in [-0.05, 0) is 30.6 Å². The average molecular weight is 238 g/mol. The molecule has 0 amide bonds. The molecule has 1 unspecified atom stereocenters. The zero-order chi connectivity index (χ0) is 12.3. The van der Waals surface area contributed by atoms with Crippen molar-refractivity contribution < 1.29 is 0 Å². The molecule has 1 aliphatic carbocycles. The van der Waals surface area contributed by atoms with Crippen LogP contribution in [-0.2, 0) is 0 Å². The lowest BCUT2D eigenvalue weighted by Crippen LogP contribution is -2.54. The smallest absolute Gasteiger partial charge is 0.0218 e. The molecule has 0 bridgehead atoms. The molecule has 2 heteroatoms. The van der Waals surface area contributed by atoms with E-state index in [1.807, 2.05) is 0 Å². The predicted octanol–water partition coefficient (Wildman–Crippen LogP) is 2.89. The highest BCUT2D eigenvalue weighted by Crippen LogP contribution is 2.41. The van der Waals surface area contributed by atoms with Crippen molar-refractivity contribution in [2.24, 2.45) is 11.3 Å². The first kappa shape index (κ1) is 13.4. The molecule has 0 spiro atoms. The molecule has 0 aromatic rings. The van der Waals surface area contributed by atoms with Crippen LogP contribution >= 0.6 is 0 Å². The Balaban J connectivity index is 1.89. The Morgan fingerprint density at radius 1 is 1.29 bits per heavy atom. The molecule has 1 atom stereocenters. The summed E-state index contributed by atoms with van der Waals surface area (Å²) in [4.78, 5) is 2.73. The second kappa shape index (κ2) is 5.71. The summed E-state index contributed by atoms with van der Waals surface area (Å²) in [6, 6.07) is 0.707. The second-order valence-electron chi connectivity index (χ2n) is 6.60. The monoisotopic (exact) mass is 238 g/mol. The first-order chi connectivity index (χ1) is 8.15. The van der Waals surface area contributed by atoms with Crippen molar-refractivity contribution in [2.75, 3.05) is 26.2 Å². The van der Waals surface area contributed by atoms with E-state index in [2.05, 4.69) is 31.0 Å². The van der Waals surface area contributed by atoms with E-state index in [1.54, 1.807) is 0 Å². The van der Waals surface area contributed by atoms with Crippen molar-refractivity contribution in [3.05, 3.63) is 0 Å². The van der Waals surface area contributed by atoms with Gasteiger partial charge in [0.15, 0.2) is 0 Å². The Kier molecular flexibility index (Phi) is 4.48. The SMILES string of the molecule is CCC1(CN2CCNC(C(C)C)C2)CCCC1. The summed E-state index contributed by atoms with van der Waals surface area (Å²) in [6.07, 6.45) is 7.25. The fourth-order valence-corrected chi connectivity index (χ4v) is 3.66. The Bertz CT molecular complexity index is 231. The first-order valence-electron chi connectivity index (χ1n) is 7.61. The number of nitrogens with zero attached hydrogens (tertiary/aromatic N) is 1. The van der Waals surface area contributed by atoms with Crippen molar-refractivity contribution >= 4 is 0 Å². The molecule has 17 heavy (non-hydrogen) atoms. The van der Waals surface area contributed by atoms with Gasteiger partial charge in [0.25, 0.3) is 0 Å². The quantitative estimate of drug-likeness (QED) is 0.810. The average Bonchev–Trinajstić information content (AvgIpc) is 2.78. The molecule has 2 fully saturated rings. The summed E-state index contributed by atoms with van der Waals surface area (Å²) in [5, 5.41) is 3.66. The van der Waals surface area contributed by atoms with Crippen molar-refractivity contribution in [3.63, 3.8) is 0 Å². The van der Waals surface area contributed by atoms with Crippen LogP contribution in [0.2, 0.25) is 0 Å². The summed E-state index contributed by atoms with van der Waals surface area (Å²) < 4.78 is 0. The van der Waals surface area contributed by atoms with E-state index < -0.39 is 0 Å². The molecule has 1 N–H and O–H groups in total. The van der Waals surface area contributed by atoms with Gasteiger partial charge in [0.2, 0.25) is 0 Å². The largest absolute Gasteiger partial charge is 0.311 e. The maximum absolute atomic E-state index is 3.66. The molecule has 1 heterocycles. The van der Waals surface area contributed by atoms with Crippen LogP contribution < -0.4 is 5.32 Å². The molecule has 1 saturated heterocycles. The first-order valence-corrected chi connectivity index (χ1v) is 7.61. The molecule has 1 saturated carbocycles. The van der Waals surface area contributed by atoms with Crippen LogP contribution in [0.3, 0.4) is 0 Å². The van der Waals surface area contributed by atoms with Gasteiger partial charge in [-0.1, -0.05) is 33.6 Å². The zero-order valence-electron chi connectivity index (χ0n) is 12.0. The minimum atomic E-state index is 0.666. The van der Waals surface area contributed by atoms with E-state index in [9.17, 15) is 0 Å². The molecule has 0 aromatic carbocycles. The molecule has 2 nitrogen and oxygen atoms in total. The Morgan fingerprint density at radius 2 is 2.00 bits per heavy atom. The van der Waals surface area contributed by atoms with Crippen LogP contribution in [-0.4, -0.2) is 37.1 Å². The molecular weight excluding hydrogens is 208 g/mol. The highest BCUT2D eigenvalue weighted by Gasteiger charge is 2.35. The van der Waals surface area contributed by atoms with Crippen molar-refractivity contribution in [2.45, 2.75) is 58.9 Å². The maximum atomic E-state index is 3.66. The maximum Gasteiger partial charge on any atom is 0.0218 e. The van der Waals surface area contributed by atoms with Crippen LogP contribution in [0.15, 0.2) is 0 Å². The Labute approximate surface area is 107 Å². The number of hydrogen-bond acceptors (Lipinski definition) is 2. The van der Waals surface area contributed by atoms with Crippen LogP contribution in [0.1, 0.15) is 52.9 Å². The van der Waals surface area contributed by atoms with E-state index in [1.165, 1.54) is 58.3 Å². The van der Waals surface area contributed by atoms with Crippen molar-refractivity contribution in [1.82, 2.24) is 10.2 Å². The van der Waals surface area contributed by atoms with Crippen LogP contribution in [0.25, 0.3) is 0 Å². The van der Waals surface area contributed by atoms with E-state index in [-0.39, 0.29) is 0 Å². The Morgan fingerprint density at radius 3 is 2.59 bits per heavy atom. The van der Waals surface area contributed by atoms with Gasteiger partial charge in [-0.2, -0.15) is 0 Å². The predicted molar refractivity (Wildman–Crippen MR) is 74.3 cm³/mol. The number of rotatable bonds is 4. The minimum Gasteiger partial charge on any atom is -0.311 e. The third-order valence-electron chi connectivity index (χ3n) is 5.07. The van der Waals surface area contributed by atoms with Crippen LogP contribution in [0, 0.1) is 11.3 Å². The summed E-state index contributed by atoms with van der Waals surface area (Å²) in [6.45, 7) is 12.1. The highest BCUT2D eigenvalue weighted by atomic mass is 15.2. The van der Waals surface area contributed by atoms with Crippen molar-refractivity contribution in [3.8, 4) is 0 Å². The standard InChI is InChI=1S/C15H30N2/c1-4-15(7-5-6-8-15)12-17-10-9-16-14(11-17)13(2)3/h13-14,16H,4-12H2,1-3H3. The summed E-state index contributed by atoms with van der Waals surface area (Å²) in [5.74, 6) is 0.763. The summed E-state index contributed by atoms with van der Waals surface area (Å²) >= 11 is 0. The lowest BCUT2D eigenvalue weighted by molar-refractivity contribution is 0.105. The molecule has 0 radical (unpaired) electrons. The number of hydrogen-bond donors (Lipinski definition) is 1. The highest BCUT2D eigenvalue weighted by molar-refractivity contribution is 4.89. The minimum absolute atomic E-state index is 0.666. The van der Waals surface area contributed by atoms with Crippen LogP contribution in [0.5, 0.6) is 0 Å². The lowest BCUT2D eigenvalue weighted by atomic mass is 9.82. The fourth-order valence-electron chi connectivity index (χ4n) is 3.66. The molecular formula is C15H30N2. The van der Waals surface area contributed by atoms with Gasteiger partial charge in [0, 0.05) is 32.2 Å². The van der Waals surface area contributed by atoms with Gasteiger partial charge in [0.05, 0.1) is 0 Å². The van der Waals surface area contributed by atoms with Crippen molar-refractivity contribution in [1.29, 1.82) is 0 Å². The molecule has 0 aromatic heterocycles. The van der Waals surface area contributed by atoms with Gasteiger partial charge in [-0.15, -0.1) is 0 Å². The van der Waals surface area contributed by atoms with Crippen LogP contribution in [0.4, 0.5) is 0 Å². The zero-order valence-corrected chi connectivity index (χ0v) is 12.0. The van der Waals surface area contributed by atoms with Gasteiger partial charge < -0.3 is 5.32 Å². The van der Waals surface area contributed by atoms with Gasteiger partial charge in [-0.3, -0.25) is 4.90 Å². The third kappa shape index (κ3) is 3.23. The van der Waals surface area contributed by atoms with E-state index in [0.29, 0.717) is 11.5 Å². The fraction of sp³-hybridized carbons (Fsp3) is 1.00. The Hall–Kier alpha value is -0.0800. The van der Waals surface area contributed by atoms with Gasteiger partial charge in [-0.25, -0.2) is 0 Å². The van der Waals surface area contributed by atoms with E-state index in [4.69, 9.17) is 0 Å². The van der Waals surface area contributed by atoms with Gasteiger partial charge >= 0.3 is 0 Å².